The molecule has 0 aromatic heterocycles. The minimum absolute atomic E-state index is 0.196. The molecule has 110 valence electrons. The average molecular weight is 275 g/mol. The summed E-state index contributed by atoms with van der Waals surface area (Å²) in [6.45, 7) is 8.47. The molecule has 0 atom stereocenters. The Morgan fingerprint density at radius 1 is 1.25 bits per heavy atom. The molecule has 1 amide bonds. The van der Waals surface area contributed by atoms with Gasteiger partial charge in [0.15, 0.2) is 0 Å². The van der Waals surface area contributed by atoms with Gasteiger partial charge in [-0.1, -0.05) is 32.0 Å². The highest BCUT2D eigenvalue weighted by Crippen LogP contribution is 2.21. The minimum atomic E-state index is 0.196. The van der Waals surface area contributed by atoms with Gasteiger partial charge in [0, 0.05) is 32.4 Å². The van der Waals surface area contributed by atoms with Crippen LogP contribution < -0.4 is 10.2 Å². The molecular formula is C16H25N3O. The van der Waals surface area contributed by atoms with Crippen molar-refractivity contribution in [2.24, 2.45) is 5.92 Å². The van der Waals surface area contributed by atoms with Crippen LogP contribution in [0, 0.1) is 5.92 Å². The molecule has 0 bridgehead atoms. The Labute approximate surface area is 121 Å². The summed E-state index contributed by atoms with van der Waals surface area (Å²) in [5.41, 5.74) is 2.45. The van der Waals surface area contributed by atoms with E-state index in [1.807, 2.05) is 13.1 Å². The molecule has 2 rings (SSSR count). The number of carbonyl (C=O) groups excluding carboxylic acids is 1. The number of anilines is 1. The van der Waals surface area contributed by atoms with Gasteiger partial charge in [-0.05, 0) is 24.1 Å². The maximum atomic E-state index is 11.9. The highest BCUT2D eigenvalue weighted by molar-refractivity contribution is 5.82. The number of likely N-dealkylation sites (N-methyl/N-ethyl adjacent to an activating group) is 1. The van der Waals surface area contributed by atoms with E-state index in [1.54, 1.807) is 4.90 Å². The van der Waals surface area contributed by atoms with Crippen LogP contribution in [0.1, 0.15) is 19.4 Å². The summed E-state index contributed by atoms with van der Waals surface area (Å²) in [5, 5.41) is 3.48. The number of piperazine rings is 1. The normalized spacial score (nSPS) is 16.1. The van der Waals surface area contributed by atoms with Crippen LogP contribution >= 0.6 is 0 Å². The molecule has 20 heavy (non-hydrogen) atoms. The van der Waals surface area contributed by atoms with Crippen molar-refractivity contribution in [2.75, 3.05) is 38.1 Å². The third-order valence-electron chi connectivity index (χ3n) is 3.66. The van der Waals surface area contributed by atoms with E-state index in [9.17, 15) is 4.79 Å². The van der Waals surface area contributed by atoms with Crippen molar-refractivity contribution >= 4 is 11.6 Å². The zero-order valence-corrected chi connectivity index (χ0v) is 12.7. The fourth-order valence-electron chi connectivity index (χ4n) is 2.43. The maximum Gasteiger partial charge on any atom is 0.241 e. The molecule has 1 N–H and O–H groups in total. The molecule has 1 fully saturated rings. The summed E-state index contributed by atoms with van der Waals surface area (Å²) in [6, 6.07) is 8.37. The Morgan fingerprint density at radius 3 is 2.70 bits per heavy atom. The first-order valence-electron chi connectivity index (χ1n) is 7.35. The Bertz CT molecular complexity index is 459. The van der Waals surface area contributed by atoms with E-state index in [-0.39, 0.29) is 5.91 Å². The van der Waals surface area contributed by atoms with Gasteiger partial charge in [-0.15, -0.1) is 0 Å². The second kappa shape index (κ2) is 6.75. The van der Waals surface area contributed by atoms with E-state index < -0.39 is 0 Å². The minimum Gasteiger partial charge on any atom is -0.360 e. The second-order valence-electron chi connectivity index (χ2n) is 5.89. The third-order valence-corrected chi connectivity index (χ3v) is 3.66. The van der Waals surface area contributed by atoms with Crippen LogP contribution in [0.3, 0.4) is 0 Å². The molecule has 1 aliphatic heterocycles. The van der Waals surface area contributed by atoms with Crippen molar-refractivity contribution in [3.63, 3.8) is 0 Å². The van der Waals surface area contributed by atoms with Crippen LogP contribution in [0.2, 0.25) is 0 Å². The lowest BCUT2D eigenvalue weighted by molar-refractivity contribution is -0.129. The lowest BCUT2D eigenvalue weighted by Gasteiger charge is -2.34. The molecule has 0 aliphatic carbocycles. The van der Waals surface area contributed by atoms with E-state index in [0.29, 0.717) is 12.5 Å². The molecule has 0 radical (unpaired) electrons. The van der Waals surface area contributed by atoms with Crippen LogP contribution in [-0.2, 0) is 11.3 Å². The zero-order chi connectivity index (χ0) is 14.5. The molecule has 1 heterocycles. The number of carbonyl (C=O) groups is 1. The predicted molar refractivity (Wildman–Crippen MR) is 82.8 cm³/mol. The van der Waals surface area contributed by atoms with Gasteiger partial charge in [-0.3, -0.25) is 4.79 Å². The van der Waals surface area contributed by atoms with E-state index in [2.05, 4.69) is 42.3 Å². The van der Waals surface area contributed by atoms with Gasteiger partial charge in [-0.2, -0.15) is 0 Å². The number of amides is 1. The SMILES string of the molecule is CC(C)CNCc1ccccc1N1CCN(C)C(=O)C1. The van der Waals surface area contributed by atoms with Crippen LogP contribution in [0.4, 0.5) is 5.69 Å². The first-order chi connectivity index (χ1) is 9.58. The fourth-order valence-corrected chi connectivity index (χ4v) is 2.43. The van der Waals surface area contributed by atoms with Gasteiger partial charge in [0.2, 0.25) is 5.91 Å². The van der Waals surface area contributed by atoms with Crippen LogP contribution in [0.15, 0.2) is 24.3 Å². The van der Waals surface area contributed by atoms with E-state index in [0.717, 1.165) is 26.2 Å². The number of nitrogens with one attached hydrogen (secondary N) is 1. The summed E-state index contributed by atoms with van der Waals surface area (Å²) in [7, 11) is 1.87. The number of hydrogen-bond donors (Lipinski definition) is 1. The number of para-hydroxylation sites is 1. The molecular weight excluding hydrogens is 250 g/mol. The molecule has 4 nitrogen and oxygen atoms in total. The van der Waals surface area contributed by atoms with Gasteiger partial charge in [-0.25, -0.2) is 0 Å². The van der Waals surface area contributed by atoms with Gasteiger partial charge in [0.05, 0.1) is 6.54 Å². The fraction of sp³-hybridized carbons (Fsp3) is 0.562. The topological polar surface area (TPSA) is 35.6 Å². The number of hydrogen-bond acceptors (Lipinski definition) is 3. The van der Waals surface area contributed by atoms with Gasteiger partial charge < -0.3 is 15.1 Å². The third kappa shape index (κ3) is 3.73. The quantitative estimate of drug-likeness (QED) is 0.888. The van der Waals surface area contributed by atoms with E-state index in [4.69, 9.17) is 0 Å². The average Bonchev–Trinajstić information content (AvgIpc) is 2.42. The largest absolute Gasteiger partial charge is 0.360 e. The molecule has 1 aliphatic rings. The molecule has 4 heteroatoms. The Balaban J connectivity index is 2.05. The highest BCUT2D eigenvalue weighted by atomic mass is 16.2. The van der Waals surface area contributed by atoms with Crippen molar-refractivity contribution in [3.05, 3.63) is 29.8 Å². The second-order valence-corrected chi connectivity index (χ2v) is 5.89. The van der Waals surface area contributed by atoms with E-state index >= 15 is 0 Å². The number of benzene rings is 1. The summed E-state index contributed by atoms with van der Waals surface area (Å²) in [6.07, 6.45) is 0. The van der Waals surface area contributed by atoms with Crippen molar-refractivity contribution in [2.45, 2.75) is 20.4 Å². The first-order valence-corrected chi connectivity index (χ1v) is 7.35. The van der Waals surface area contributed by atoms with Crippen molar-refractivity contribution in [1.29, 1.82) is 0 Å². The summed E-state index contributed by atoms with van der Waals surface area (Å²) in [4.78, 5) is 15.9. The molecule has 1 saturated heterocycles. The summed E-state index contributed by atoms with van der Waals surface area (Å²) < 4.78 is 0. The molecule has 0 unspecified atom stereocenters. The Hall–Kier alpha value is -1.55. The van der Waals surface area contributed by atoms with Crippen molar-refractivity contribution in [1.82, 2.24) is 10.2 Å². The van der Waals surface area contributed by atoms with Crippen LogP contribution in [0.25, 0.3) is 0 Å². The summed E-state index contributed by atoms with van der Waals surface area (Å²) in [5.74, 6) is 0.841. The van der Waals surface area contributed by atoms with Gasteiger partial charge >= 0.3 is 0 Å². The lowest BCUT2D eigenvalue weighted by Crippen LogP contribution is -2.48. The zero-order valence-electron chi connectivity index (χ0n) is 12.7. The van der Waals surface area contributed by atoms with Crippen molar-refractivity contribution < 1.29 is 4.79 Å². The smallest absolute Gasteiger partial charge is 0.241 e. The number of rotatable bonds is 5. The Morgan fingerprint density at radius 2 is 2.00 bits per heavy atom. The standard InChI is InChI=1S/C16H25N3O/c1-13(2)10-17-11-14-6-4-5-7-15(14)19-9-8-18(3)16(20)12-19/h4-7,13,17H,8-12H2,1-3H3. The molecule has 1 aromatic carbocycles. The van der Waals surface area contributed by atoms with Gasteiger partial charge in [0.1, 0.15) is 0 Å². The van der Waals surface area contributed by atoms with Gasteiger partial charge in [0.25, 0.3) is 0 Å². The number of nitrogens with zero attached hydrogens (tertiary/aromatic N) is 2. The Kier molecular flexibility index (Phi) is 5.01. The molecule has 0 saturated carbocycles. The predicted octanol–water partition coefficient (Wildman–Crippen LogP) is 1.71. The van der Waals surface area contributed by atoms with E-state index in [1.165, 1.54) is 11.3 Å². The monoisotopic (exact) mass is 275 g/mol. The summed E-state index contributed by atoms with van der Waals surface area (Å²) >= 11 is 0. The first kappa shape index (κ1) is 14.9. The van der Waals surface area contributed by atoms with Crippen LogP contribution in [-0.4, -0.2) is 44.0 Å². The molecule has 0 spiro atoms. The van der Waals surface area contributed by atoms with Crippen molar-refractivity contribution in [3.8, 4) is 0 Å². The molecule has 1 aromatic rings. The maximum absolute atomic E-state index is 11.9. The highest BCUT2D eigenvalue weighted by Gasteiger charge is 2.22. The lowest BCUT2D eigenvalue weighted by atomic mass is 10.1. The van der Waals surface area contributed by atoms with Crippen LogP contribution in [0.5, 0.6) is 0 Å².